The fourth-order valence-electron chi connectivity index (χ4n) is 1.10. The van der Waals surface area contributed by atoms with Gasteiger partial charge in [0, 0.05) is 22.6 Å². The molecule has 13 heavy (non-hydrogen) atoms. The molecule has 1 atom stereocenters. The third-order valence-corrected chi connectivity index (χ3v) is 3.28. The molecule has 72 valence electrons. The van der Waals surface area contributed by atoms with Crippen molar-refractivity contribution in [1.29, 1.82) is 0 Å². The monoisotopic (exact) mass is 215 g/mol. The molecule has 0 saturated carbocycles. The SMILES string of the molecule is CC(SCCN)c1cccc(Cl)c1. The number of thioether (sulfide) groups is 1. The lowest BCUT2D eigenvalue weighted by Crippen LogP contribution is -2.02. The van der Waals surface area contributed by atoms with E-state index in [2.05, 4.69) is 13.0 Å². The average Bonchev–Trinajstić information content (AvgIpc) is 2.14. The molecule has 0 aliphatic carbocycles. The zero-order valence-corrected chi connectivity index (χ0v) is 9.24. The second kappa shape index (κ2) is 5.53. The van der Waals surface area contributed by atoms with E-state index in [4.69, 9.17) is 17.3 Å². The summed E-state index contributed by atoms with van der Waals surface area (Å²) in [6.07, 6.45) is 0. The fourth-order valence-corrected chi connectivity index (χ4v) is 2.13. The predicted octanol–water partition coefficient (Wildman–Crippen LogP) is 3.09. The van der Waals surface area contributed by atoms with Crippen molar-refractivity contribution in [3.8, 4) is 0 Å². The van der Waals surface area contributed by atoms with E-state index in [0.717, 1.165) is 17.3 Å². The van der Waals surface area contributed by atoms with Crippen LogP contribution in [0, 0.1) is 0 Å². The number of halogens is 1. The largest absolute Gasteiger partial charge is 0.330 e. The average molecular weight is 216 g/mol. The van der Waals surface area contributed by atoms with Gasteiger partial charge in [-0.2, -0.15) is 11.8 Å². The van der Waals surface area contributed by atoms with Gasteiger partial charge in [-0.1, -0.05) is 23.7 Å². The van der Waals surface area contributed by atoms with Crippen LogP contribution >= 0.6 is 23.4 Å². The zero-order chi connectivity index (χ0) is 9.68. The predicted molar refractivity (Wildman–Crippen MR) is 61.4 cm³/mol. The van der Waals surface area contributed by atoms with E-state index in [-0.39, 0.29) is 0 Å². The molecule has 1 unspecified atom stereocenters. The first-order chi connectivity index (χ1) is 6.24. The smallest absolute Gasteiger partial charge is 0.0409 e. The van der Waals surface area contributed by atoms with Crippen LogP contribution in [0.2, 0.25) is 5.02 Å². The van der Waals surface area contributed by atoms with Crippen LogP contribution in [0.1, 0.15) is 17.7 Å². The van der Waals surface area contributed by atoms with E-state index in [1.165, 1.54) is 5.56 Å². The van der Waals surface area contributed by atoms with Crippen LogP contribution in [0.15, 0.2) is 24.3 Å². The first-order valence-corrected chi connectivity index (χ1v) is 5.74. The van der Waals surface area contributed by atoms with Gasteiger partial charge in [0.1, 0.15) is 0 Å². The van der Waals surface area contributed by atoms with Gasteiger partial charge >= 0.3 is 0 Å². The minimum atomic E-state index is 0.474. The van der Waals surface area contributed by atoms with E-state index in [1.54, 1.807) is 0 Å². The van der Waals surface area contributed by atoms with Crippen LogP contribution in [0.3, 0.4) is 0 Å². The number of benzene rings is 1. The molecule has 0 spiro atoms. The molecule has 0 radical (unpaired) electrons. The summed E-state index contributed by atoms with van der Waals surface area (Å²) >= 11 is 7.74. The van der Waals surface area contributed by atoms with Crippen molar-refractivity contribution < 1.29 is 0 Å². The highest BCUT2D eigenvalue weighted by Gasteiger charge is 2.04. The molecule has 1 aromatic carbocycles. The minimum absolute atomic E-state index is 0.474. The quantitative estimate of drug-likeness (QED) is 0.836. The first-order valence-electron chi connectivity index (χ1n) is 4.31. The van der Waals surface area contributed by atoms with Crippen molar-refractivity contribution in [3.05, 3.63) is 34.9 Å². The Bertz CT molecular complexity index is 265. The molecule has 0 aromatic heterocycles. The number of nitrogens with two attached hydrogens (primary N) is 1. The van der Waals surface area contributed by atoms with Crippen LogP contribution in [0.4, 0.5) is 0 Å². The Balaban J connectivity index is 2.60. The lowest BCUT2D eigenvalue weighted by molar-refractivity contribution is 1.08. The first kappa shape index (κ1) is 10.9. The maximum Gasteiger partial charge on any atom is 0.0409 e. The molecule has 0 heterocycles. The Hall–Kier alpha value is -0.180. The Morgan fingerprint density at radius 1 is 1.54 bits per heavy atom. The maximum absolute atomic E-state index is 5.89. The van der Waals surface area contributed by atoms with E-state index in [0.29, 0.717) is 5.25 Å². The molecule has 2 N–H and O–H groups in total. The molecule has 0 bridgehead atoms. The molecule has 0 amide bonds. The van der Waals surface area contributed by atoms with Crippen LogP contribution in [0.5, 0.6) is 0 Å². The van der Waals surface area contributed by atoms with Gasteiger partial charge in [0.25, 0.3) is 0 Å². The van der Waals surface area contributed by atoms with Gasteiger partial charge in [0.15, 0.2) is 0 Å². The second-order valence-electron chi connectivity index (χ2n) is 2.86. The zero-order valence-electron chi connectivity index (χ0n) is 7.66. The molecule has 0 saturated heterocycles. The molecule has 0 fully saturated rings. The molecule has 0 aliphatic heterocycles. The van der Waals surface area contributed by atoms with Crippen LogP contribution < -0.4 is 5.73 Å². The summed E-state index contributed by atoms with van der Waals surface area (Å²) in [6.45, 7) is 2.90. The summed E-state index contributed by atoms with van der Waals surface area (Å²) in [7, 11) is 0. The van der Waals surface area contributed by atoms with Crippen molar-refractivity contribution >= 4 is 23.4 Å². The third kappa shape index (κ3) is 3.59. The molecule has 1 nitrogen and oxygen atoms in total. The van der Waals surface area contributed by atoms with Gasteiger partial charge in [0.2, 0.25) is 0 Å². The van der Waals surface area contributed by atoms with Gasteiger partial charge in [-0.25, -0.2) is 0 Å². The van der Waals surface area contributed by atoms with Crippen molar-refractivity contribution in [2.45, 2.75) is 12.2 Å². The van der Waals surface area contributed by atoms with Crippen LogP contribution in [-0.2, 0) is 0 Å². The van der Waals surface area contributed by atoms with E-state index in [9.17, 15) is 0 Å². The second-order valence-corrected chi connectivity index (χ2v) is 4.74. The molecule has 1 aromatic rings. The molecule has 1 rings (SSSR count). The van der Waals surface area contributed by atoms with Crippen LogP contribution in [-0.4, -0.2) is 12.3 Å². The standard InChI is InChI=1S/C10H14ClNS/c1-8(13-6-5-12)9-3-2-4-10(11)7-9/h2-4,7-8H,5-6,12H2,1H3. The van der Waals surface area contributed by atoms with Crippen LogP contribution in [0.25, 0.3) is 0 Å². The van der Waals surface area contributed by atoms with Gasteiger partial charge < -0.3 is 5.73 Å². The summed E-state index contributed by atoms with van der Waals surface area (Å²) < 4.78 is 0. The third-order valence-electron chi connectivity index (χ3n) is 1.80. The van der Waals surface area contributed by atoms with Gasteiger partial charge in [0.05, 0.1) is 0 Å². The Labute approximate surface area is 88.7 Å². The fraction of sp³-hybridized carbons (Fsp3) is 0.400. The number of rotatable bonds is 4. The topological polar surface area (TPSA) is 26.0 Å². The number of hydrogen-bond acceptors (Lipinski definition) is 2. The summed E-state index contributed by atoms with van der Waals surface area (Å²) in [6, 6.07) is 7.98. The molecular formula is C10H14ClNS. The Kier molecular flexibility index (Phi) is 4.64. The highest BCUT2D eigenvalue weighted by atomic mass is 35.5. The number of hydrogen-bond donors (Lipinski definition) is 1. The van der Waals surface area contributed by atoms with Crippen molar-refractivity contribution in [2.24, 2.45) is 5.73 Å². The molecular weight excluding hydrogens is 202 g/mol. The van der Waals surface area contributed by atoms with Gasteiger partial charge in [-0.3, -0.25) is 0 Å². The normalized spacial score (nSPS) is 12.8. The summed E-state index contributed by atoms with van der Waals surface area (Å²) in [5, 5.41) is 1.28. The Morgan fingerprint density at radius 2 is 2.31 bits per heavy atom. The van der Waals surface area contributed by atoms with E-state index < -0.39 is 0 Å². The highest BCUT2D eigenvalue weighted by molar-refractivity contribution is 7.99. The lowest BCUT2D eigenvalue weighted by atomic mass is 10.2. The van der Waals surface area contributed by atoms with E-state index >= 15 is 0 Å². The summed E-state index contributed by atoms with van der Waals surface area (Å²) in [4.78, 5) is 0. The van der Waals surface area contributed by atoms with Crippen molar-refractivity contribution in [3.63, 3.8) is 0 Å². The van der Waals surface area contributed by atoms with Gasteiger partial charge in [-0.15, -0.1) is 0 Å². The van der Waals surface area contributed by atoms with Crippen molar-refractivity contribution in [2.75, 3.05) is 12.3 Å². The highest BCUT2D eigenvalue weighted by Crippen LogP contribution is 2.28. The minimum Gasteiger partial charge on any atom is -0.330 e. The molecule has 0 aliphatic rings. The van der Waals surface area contributed by atoms with E-state index in [1.807, 2.05) is 30.0 Å². The molecule has 3 heteroatoms. The Morgan fingerprint density at radius 3 is 2.92 bits per heavy atom. The summed E-state index contributed by atoms with van der Waals surface area (Å²) in [5.41, 5.74) is 6.71. The summed E-state index contributed by atoms with van der Waals surface area (Å²) in [5.74, 6) is 0.994. The lowest BCUT2D eigenvalue weighted by Gasteiger charge is -2.10. The van der Waals surface area contributed by atoms with Gasteiger partial charge in [-0.05, 0) is 24.6 Å². The van der Waals surface area contributed by atoms with Crippen molar-refractivity contribution in [1.82, 2.24) is 0 Å². The maximum atomic E-state index is 5.89.